The van der Waals surface area contributed by atoms with Crippen molar-refractivity contribution in [3.05, 3.63) is 12.0 Å². The maximum Gasteiger partial charge on any atom is 0.145 e. The quantitative estimate of drug-likeness (QED) is 0.591. The van der Waals surface area contributed by atoms with E-state index in [-0.39, 0.29) is 5.78 Å². The van der Waals surface area contributed by atoms with Crippen molar-refractivity contribution < 1.29 is 9.00 Å². The molecule has 0 amide bonds. The van der Waals surface area contributed by atoms with Crippen LogP contribution in [0.1, 0.15) is 13.8 Å². The van der Waals surface area contributed by atoms with Crippen LogP contribution in [0.2, 0.25) is 0 Å². The highest BCUT2D eigenvalue weighted by Gasteiger charge is 2.11. The minimum absolute atomic E-state index is 0.0618. The minimum atomic E-state index is -1.19. The Morgan fingerprint density at radius 3 is 2.33 bits per heavy atom. The zero-order valence-electron chi connectivity index (χ0n) is 5.59. The summed E-state index contributed by atoms with van der Waals surface area (Å²) in [4.78, 5) is 10.5. The first kappa shape index (κ1) is 8.56. The molecule has 0 aromatic rings. The van der Waals surface area contributed by atoms with Crippen LogP contribution < -0.4 is 0 Å². The van der Waals surface area contributed by atoms with Crippen LogP contribution in [-0.4, -0.2) is 15.2 Å². The van der Waals surface area contributed by atoms with Crippen LogP contribution in [0.15, 0.2) is 12.0 Å². The van der Waals surface area contributed by atoms with Gasteiger partial charge in [-0.05, 0) is 19.3 Å². The maximum absolute atomic E-state index is 10.7. The highest BCUT2D eigenvalue weighted by atomic mass is 32.2. The molecule has 52 valence electrons. The van der Waals surface area contributed by atoms with Gasteiger partial charge in [0.2, 0.25) is 0 Å². The third-order valence-corrected chi connectivity index (χ3v) is 2.44. The number of rotatable bonds is 3. The van der Waals surface area contributed by atoms with E-state index in [1.807, 2.05) is 0 Å². The van der Waals surface area contributed by atoms with Gasteiger partial charge in [0.1, 0.15) is 5.78 Å². The number of ketones is 1. The molecule has 0 aliphatic carbocycles. The fraction of sp³-hybridized carbons (Fsp3) is 0.500. The van der Waals surface area contributed by atoms with Crippen molar-refractivity contribution in [1.29, 1.82) is 0 Å². The molecule has 0 spiro atoms. The molecule has 0 aromatic heterocycles. The second kappa shape index (κ2) is 3.56. The maximum atomic E-state index is 10.7. The third-order valence-electron chi connectivity index (χ3n) is 1.09. The molecule has 0 aliphatic heterocycles. The van der Waals surface area contributed by atoms with Gasteiger partial charge in [0.15, 0.2) is 0 Å². The van der Waals surface area contributed by atoms with Gasteiger partial charge in [0.05, 0.1) is 16.0 Å². The summed E-state index contributed by atoms with van der Waals surface area (Å²) < 4.78 is 10.7. The van der Waals surface area contributed by atoms with Crippen LogP contribution in [0, 0.1) is 0 Å². The Morgan fingerprint density at radius 1 is 1.78 bits per heavy atom. The Kier molecular flexibility index (Phi) is 3.39. The van der Waals surface area contributed by atoms with Crippen LogP contribution in [0.3, 0.4) is 0 Å². The van der Waals surface area contributed by atoms with Gasteiger partial charge in [0, 0.05) is 0 Å². The van der Waals surface area contributed by atoms with Crippen LogP contribution in [0.25, 0.3) is 0 Å². The fourth-order valence-electron chi connectivity index (χ4n) is 0.308. The highest BCUT2D eigenvalue weighted by molar-refractivity contribution is 7.89. The van der Waals surface area contributed by atoms with Crippen LogP contribution >= 0.6 is 0 Å². The highest BCUT2D eigenvalue weighted by Crippen LogP contribution is 1.96. The summed E-state index contributed by atoms with van der Waals surface area (Å²) >= 11 is 0. The fourth-order valence-corrected chi connectivity index (χ4v) is 0.924. The Hall–Kier alpha value is -0.440. The van der Waals surface area contributed by atoms with Gasteiger partial charge in [-0.3, -0.25) is 9.00 Å². The Morgan fingerprint density at radius 2 is 2.22 bits per heavy atom. The molecule has 0 aliphatic rings. The summed E-state index contributed by atoms with van der Waals surface area (Å²) in [6.07, 6.45) is 0. The van der Waals surface area contributed by atoms with Crippen LogP contribution in [0.5, 0.6) is 0 Å². The van der Waals surface area contributed by atoms with E-state index in [2.05, 4.69) is 6.58 Å². The lowest BCUT2D eigenvalue weighted by molar-refractivity contribution is -0.116. The number of carbonyl (C=O) groups excluding carboxylic acids is 1. The molecule has 0 radical (unpaired) electrons. The van der Waals surface area contributed by atoms with Gasteiger partial charge in [-0.1, -0.05) is 6.58 Å². The van der Waals surface area contributed by atoms with E-state index in [9.17, 15) is 9.00 Å². The van der Waals surface area contributed by atoms with Crippen molar-refractivity contribution in [3.63, 3.8) is 0 Å². The topological polar surface area (TPSA) is 34.1 Å². The second-order valence-electron chi connectivity index (χ2n) is 1.75. The summed E-state index contributed by atoms with van der Waals surface area (Å²) in [5.41, 5.74) is 0. The zero-order valence-corrected chi connectivity index (χ0v) is 6.40. The lowest BCUT2D eigenvalue weighted by Crippen LogP contribution is -2.17. The van der Waals surface area contributed by atoms with Crippen molar-refractivity contribution in [3.8, 4) is 0 Å². The lowest BCUT2D eigenvalue weighted by Gasteiger charge is -2.00. The van der Waals surface area contributed by atoms with Gasteiger partial charge < -0.3 is 0 Å². The van der Waals surface area contributed by atoms with Gasteiger partial charge in [-0.2, -0.15) is 0 Å². The lowest BCUT2D eigenvalue weighted by atomic mass is 10.3. The molecule has 0 N–H and O–H groups in total. The van der Waals surface area contributed by atoms with E-state index in [0.29, 0.717) is 0 Å². The Labute approximate surface area is 57.4 Å². The average Bonchev–Trinajstić information content (AvgIpc) is 1.84. The summed E-state index contributed by atoms with van der Waals surface area (Å²) in [6, 6.07) is 0. The van der Waals surface area contributed by atoms with Crippen molar-refractivity contribution in [2.45, 2.75) is 19.1 Å². The number of hydrogen-bond acceptors (Lipinski definition) is 2. The molecule has 9 heavy (non-hydrogen) atoms. The normalized spacial score (nSPS) is 16.2. The molecule has 3 heteroatoms. The molecule has 2 atom stereocenters. The molecule has 0 fully saturated rings. The predicted molar refractivity (Wildman–Crippen MR) is 38.5 cm³/mol. The largest absolute Gasteiger partial charge is 0.299 e. The molecule has 0 heterocycles. The van der Waals surface area contributed by atoms with Crippen LogP contribution in [0.4, 0.5) is 0 Å². The first-order valence-electron chi connectivity index (χ1n) is 2.62. The summed E-state index contributed by atoms with van der Waals surface area (Å²) in [7, 11) is -1.19. The van der Waals surface area contributed by atoms with Crippen molar-refractivity contribution in [1.82, 2.24) is 0 Å². The van der Waals surface area contributed by atoms with Gasteiger partial charge >= 0.3 is 0 Å². The standard InChI is InChI=1S/C6H10O2S/c1-4-9(8)6(3)5(2)7/h4,6H,1H2,2-3H3. The van der Waals surface area contributed by atoms with Gasteiger partial charge in [-0.15, -0.1) is 0 Å². The summed E-state index contributed by atoms with van der Waals surface area (Å²) in [6.45, 7) is 6.36. The predicted octanol–water partition coefficient (Wildman–Crippen LogP) is 0.856. The number of carbonyl (C=O) groups is 1. The molecule has 2 nitrogen and oxygen atoms in total. The number of hydrogen-bond donors (Lipinski definition) is 0. The van der Waals surface area contributed by atoms with Gasteiger partial charge in [-0.25, -0.2) is 0 Å². The Balaban J connectivity index is 4.03. The first-order chi connectivity index (χ1) is 4.09. The van der Waals surface area contributed by atoms with E-state index >= 15 is 0 Å². The second-order valence-corrected chi connectivity index (χ2v) is 3.45. The van der Waals surface area contributed by atoms with E-state index in [0.717, 1.165) is 0 Å². The third kappa shape index (κ3) is 2.56. The zero-order chi connectivity index (χ0) is 7.44. The SMILES string of the molecule is C=CS(=O)C(C)C(C)=O. The van der Waals surface area contributed by atoms with E-state index < -0.39 is 16.0 Å². The molecular weight excluding hydrogens is 136 g/mol. The molecule has 0 aromatic carbocycles. The molecular formula is C6H10O2S. The smallest absolute Gasteiger partial charge is 0.145 e. The summed E-state index contributed by atoms with van der Waals surface area (Å²) in [5, 5.41) is 0.883. The first-order valence-corrected chi connectivity index (χ1v) is 3.89. The molecule has 2 unspecified atom stereocenters. The molecule has 0 rings (SSSR count). The monoisotopic (exact) mass is 146 g/mol. The minimum Gasteiger partial charge on any atom is -0.299 e. The van der Waals surface area contributed by atoms with Gasteiger partial charge in [0.25, 0.3) is 0 Å². The number of Topliss-reactive ketones (excluding diaryl/α,β-unsaturated/α-hetero) is 1. The van der Waals surface area contributed by atoms with E-state index in [1.165, 1.54) is 12.3 Å². The average molecular weight is 146 g/mol. The molecule has 0 saturated carbocycles. The molecule has 0 saturated heterocycles. The summed E-state index contributed by atoms with van der Waals surface area (Å²) in [5.74, 6) is -0.0618. The van der Waals surface area contributed by atoms with Crippen molar-refractivity contribution in [2.75, 3.05) is 0 Å². The van der Waals surface area contributed by atoms with Crippen molar-refractivity contribution in [2.24, 2.45) is 0 Å². The van der Waals surface area contributed by atoms with Crippen LogP contribution in [-0.2, 0) is 15.6 Å². The molecule has 0 bridgehead atoms. The van der Waals surface area contributed by atoms with E-state index in [1.54, 1.807) is 6.92 Å². The Bertz CT molecular complexity index is 151. The van der Waals surface area contributed by atoms with E-state index in [4.69, 9.17) is 0 Å². The van der Waals surface area contributed by atoms with Crippen molar-refractivity contribution >= 4 is 16.6 Å².